The Bertz CT molecular complexity index is 311. The van der Waals surface area contributed by atoms with E-state index < -0.39 is 30.6 Å². The van der Waals surface area contributed by atoms with E-state index in [2.05, 4.69) is 5.32 Å². The second kappa shape index (κ2) is 5.50. The van der Waals surface area contributed by atoms with Gasteiger partial charge in [0.15, 0.2) is 6.10 Å². The van der Waals surface area contributed by atoms with Crippen molar-refractivity contribution >= 4 is 5.91 Å². The third-order valence-corrected chi connectivity index (χ3v) is 2.30. The molecule has 1 aliphatic heterocycles. The molecule has 0 bridgehead atoms. The molecule has 8 heteroatoms. The molecule has 0 saturated carbocycles. The minimum absolute atomic E-state index is 0.104. The zero-order valence-corrected chi connectivity index (χ0v) is 8.88. The Morgan fingerprint density at radius 2 is 2.18 bits per heavy atom. The fraction of sp³-hybridized carbons (Fsp3) is 0.667. The van der Waals surface area contributed by atoms with Crippen LogP contribution in [0.25, 0.3) is 0 Å². The first-order valence-corrected chi connectivity index (χ1v) is 4.94. The third kappa shape index (κ3) is 2.97. The summed E-state index contributed by atoms with van der Waals surface area (Å²) >= 11 is 0. The standard InChI is InChI=1S/C9H14F2N2O4/c10-9(11,7(16)6(15)4-14)8(17)13-3-1-2-12-5-13/h1,3,6-7,12,14-16H,2,4-5H2/t6-,7-/m1/s1. The third-order valence-electron chi connectivity index (χ3n) is 2.30. The van der Waals surface area contributed by atoms with E-state index in [-0.39, 0.29) is 6.67 Å². The Morgan fingerprint density at radius 3 is 2.65 bits per heavy atom. The van der Waals surface area contributed by atoms with E-state index in [9.17, 15) is 13.6 Å². The van der Waals surface area contributed by atoms with Crippen LogP contribution >= 0.6 is 0 Å². The number of hydrogen-bond donors (Lipinski definition) is 4. The van der Waals surface area contributed by atoms with Gasteiger partial charge in [0.25, 0.3) is 0 Å². The Kier molecular flexibility index (Phi) is 4.52. The van der Waals surface area contributed by atoms with Crippen molar-refractivity contribution < 1.29 is 28.9 Å². The number of aliphatic hydroxyl groups is 3. The van der Waals surface area contributed by atoms with Crippen LogP contribution in [-0.2, 0) is 4.79 Å². The van der Waals surface area contributed by atoms with Crippen LogP contribution in [-0.4, -0.2) is 64.1 Å². The largest absolute Gasteiger partial charge is 0.394 e. The maximum Gasteiger partial charge on any atom is 0.352 e. The van der Waals surface area contributed by atoms with Crippen molar-refractivity contribution in [1.29, 1.82) is 0 Å². The number of halogens is 2. The van der Waals surface area contributed by atoms with Gasteiger partial charge in [-0.05, 0) is 0 Å². The molecule has 0 spiro atoms. The van der Waals surface area contributed by atoms with Gasteiger partial charge in [0.05, 0.1) is 13.3 Å². The van der Waals surface area contributed by atoms with Crippen molar-refractivity contribution in [2.45, 2.75) is 18.1 Å². The number of nitrogens with one attached hydrogen (secondary N) is 1. The lowest BCUT2D eigenvalue weighted by Crippen LogP contribution is -2.55. The van der Waals surface area contributed by atoms with Crippen LogP contribution < -0.4 is 5.32 Å². The highest BCUT2D eigenvalue weighted by atomic mass is 19.3. The fourth-order valence-corrected chi connectivity index (χ4v) is 1.30. The average Bonchev–Trinajstić information content (AvgIpc) is 2.36. The van der Waals surface area contributed by atoms with Crippen LogP contribution in [0.5, 0.6) is 0 Å². The van der Waals surface area contributed by atoms with Crippen LogP contribution in [0, 0.1) is 0 Å². The molecule has 4 N–H and O–H groups in total. The maximum absolute atomic E-state index is 13.5. The number of hydrogen-bond acceptors (Lipinski definition) is 5. The molecule has 0 saturated heterocycles. The zero-order valence-electron chi connectivity index (χ0n) is 8.88. The number of amides is 1. The van der Waals surface area contributed by atoms with E-state index in [0.29, 0.717) is 11.4 Å². The topological polar surface area (TPSA) is 93.0 Å². The lowest BCUT2D eigenvalue weighted by atomic mass is 10.1. The smallest absolute Gasteiger partial charge is 0.352 e. The minimum atomic E-state index is -4.16. The molecule has 1 aliphatic rings. The minimum Gasteiger partial charge on any atom is -0.394 e. The quantitative estimate of drug-likeness (QED) is 0.475. The number of nitrogens with zero attached hydrogens (tertiary/aromatic N) is 1. The van der Waals surface area contributed by atoms with E-state index in [0.717, 1.165) is 0 Å². The molecule has 1 rings (SSSR count). The van der Waals surface area contributed by atoms with Crippen LogP contribution in [0.1, 0.15) is 0 Å². The van der Waals surface area contributed by atoms with Crippen molar-refractivity contribution in [3.05, 3.63) is 12.3 Å². The molecular formula is C9H14F2N2O4. The predicted octanol–water partition coefficient (Wildman–Crippen LogP) is -1.76. The van der Waals surface area contributed by atoms with Gasteiger partial charge in [0, 0.05) is 12.7 Å². The Morgan fingerprint density at radius 1 is 1.53 bits per heavy atom. The summed E-state index contributed by atoms with van der Waals surface area (Å²) in [6.45, 7) is -0.706. The molecule has 0 unspecified atom stereocenters. The van der Waals surface area contributed by atoms with Crippen molar-refractivity contribution in [2.24, 2.45) is 0 Å². The molecule has 1 heterocycles. The van der Waals surface area contributed by atoms with Crippen molar-refractivity contribution in [2.75, 3.05) is 19.8 Å². The number of carbonyl (C=O) groups is 1. The first kappa shape index (κ1) is 14.0. The van der Waals surface area contributed by atoms with Gasteiger partial charge in [-0.2, -0.15) is 8.78 Å². The average molecular weight is 252 g/mol. The summed E-state index contributed by atoms with van der Waals surface area (Å²) in [6.07, 6.45) is -2.08. The number of alkyl halides is 2. The van der Waals surface area contributed by atoms with E-state index in [4.69, 9.17) is 15.3 Å². The molecule has 2 atom stereocenters. The molecule has 0 radical (unpaired) electrons. The SMILES string of the molecule is O=C(N1C=CCNC1)C(F)(F)[C@H](O)[C@H](O)CO. The predicted molar refractivity (Wildman–Crippen MR) is 52.9 cm³/mol. The van der Waals surface area contributed by atoms with Crippen molar-refractivity contribution in [3.63, 3.8) is 0 Å². The van der Waals surface area contributed by atoms with Gasteiger partial charge in [0.2, 0.25) is 0 Å². The summed E-state index contributed by atoms with van der Waals surface area (Å²) in [5.74, 6) is -5.80. The summed E-state index contributed by atoms with van der Waals surface area (Å²) in [7, 11) is 0. The van der Waals surface area contributed by atoms with E-state index in [1.54, 1.807) is 0 Å². The number of rotatable bonds is 4. The highest BCUT2D eigenvalue weighted by Crippen LogP contribution is 2.24. The molecular weight excluding hydrogens is 238 g/mol. The van der Waals surface area contributed by atoms with Gasteiger partial charge in [-0.25, -0.2) is 0 Å². The first-order valence-electron chi connectivity index (χ1n) is 4.94. The number of aliphatic hydroxyl groups excluding tert-OH is 3. The lowest BCUT2D eigenvalue weighted by molar-refractivity contribution is -0.188. The van der Waals surface area contributed by atoms with Crippen LogP contribution in [0.3, 0.4) is 0 Å². The van der Waals surface area contributed by atoms with Gasteiger partial charge >= 0.3 is 11.8 Å². The first-order chi connectivity index (χ1) is 7.91. The van der Waals surface area contributed by atoms with Gasteiger partial charge in [-0.1, -0.05) is 6.08 Å². The highest BCUT2D eigenvalue weighted by molar-refractivity contribution is 5.85. The molecule has 1 amide bonds. The molecule has 98 valence electrons. The van der Waals surface area contributed by atoms with E-state index in [1.807, 2.05) is 0 Å². The second-order valence-corrected chi connectivity index (χ2v) is 3.59. The maximum atomic E-state index is 13.5. The summed E-state index contributed by atoms with van der Waals surface area (Å²) < 4.78 is 26.9. The second-order valence-electron chi connectivity index (χ2n) is 3.59. The molecule has 0 fully saturated rings. The summed E-state index contributed by atoms with van der Waals surface area (Å²) in [4.78, 5) is 12.1. The highest BCUT2D eigenvalue weighted by Gasteiger charge is 2.51. The number of carbonyl (C=O) groups excluding carboxylic acids is 1. The summed E-state index contributed by atoms with van der Waals surface area (Å²) in [6, 6.07) is 0. The monoisotopic (exact) mass is 252 g/mol. The van der Waals surface area contributed by atoms with Gasteiger partial charge < -0.3 is 20.2 Å². The molecule has 0 aromatic carbocycles. The summed E-state index contributed by atoms with van der Waals surface area (Å²) in [5, 5.41) is 29.1. The summed E-state index contributed by atoms with van der Waals surface area (Å²) in [5.41, 5.74) is 0. The zero-order chi connectivity index (χ0) is 13.1. The van der Waals surface area contributed by atoms with Crippen molar-refractivity contribution in [3.8, 4) is 0 Å². The normalized spacial score (nSPS) is 20.2. The van der Waals surface area contributed by atoms with Crippen molar-refractivity contribution in [1.82, 2.24) is 10.2 Å². The molecule has 17 heavy (non-hydrogen) atoms. The van der Waals surface area contributed by atoms with Crippen LogP contribution in [0.2, 0.25) is 0 Å². The van der Waals surface area contributed by atoms with Gasteiger partial charge in [0.1, 0.15) is 6.10 Å². The Hall–Kier alpha value is -1.09. The Labute approximate surface area is 96.1 Å². The molecule has 6 nitrogen and oxygen atoms in total. The lowest BCUT2D eigenvalue weighted by Gasteiger charge is -2.30. The van der Waals surface area contributed by atoms with Crippen LogP contribution in [0.15, 0.2) is 12.3 Å². The van der Waals surface area contributed by atoms with Crippen LogP contribution in [0.4, 0.5) is 8.78 Å². The van der Waals surface area contributed by atoms with E-state index >= 15 is 0 Å². The van der Waals surface area contributed by atoms with Gasteiger partial charge in [-0.15, -0.1) is 0 Å². The fourth-order valence-electron chi connectivity index (χ4n) is 1.30. The molecule has 0 aromatic rings. The Balaban J connectivity index is 2.77. The van der Waals surface area contributed by atoms with E-state index in [1.165, 1.54) is 12.3 Å². The molecule has 0 aromatic heterocycles. The molecule has 0 aliphatic carbocycles. The van der Waals surface area contributed by atoms with Gasteiger partial charge in [-0.3, -0.25) is 10.1 Å².